The lowest BCUT2D eigenvalue weighted by Crippen LogP contribution is -2.59. The van der Waals surface area contributed by atoms with Crippen LogP contribution in [0.25, 0.3) is 6.08 Å². The lowest BCUT2D eigenvalue weighted by molar-refractivity contribution is -0.285. The van der Waals surface area contributed by atoms with Gasteiger partial charge in [0.2, 0.25) is 6.29 Å². The molecule has 0 aromatic heterocycles. The lowest BCUT2D eigenvalue weighted by Gasteiger charge is -2.39. The maximum absolute atomic E-state index is 12.3. The third kappa shape index (κ3) is 5.74. The normalized spacial score (nSPS) is 24.6. The fourth-order valence-electron chi connectivity index (χ4n) is 3.01. The van der Waals surface area contributed by atoms with E-state index in [1.165, 1.54) is 18.2 Å². The minimum Gasteiger partial charge on any atom is -0.508 e. The van der Waals surface area contributed by atoms with Gasteiger partial charge in [-0.1, -0.05) is 12.1 Å². The predicted octanol–water partition coefficient (Wildman–Crippen LogP) is -0.270. The van der Waals surface area contributed by atoms with Crippen LogP contribution in [0.3, 0.4) is 0 Å². The number of hydrogen-bond acceptors (Lipinski definition) is 12. The standard InChI is InChI=1S/C22H22O12/c23-12-4-1-10(2-5-12)3-6-16(26)32-9-15-18(28)19(29)20(30)22(33-15)34-21(31)11-7-13(24)17(27)14(25)8-11/h1-8,15,18-20,22-25,27-30H,9H2/t15-,18-,19+,20+,22+/m1/s1. The Morgan fingerprint density at radius 1 is 0.912 bits per heavy atom. The molecule has 12 nitrogen and oxygen atoms in total. The number of esters is 2. The van der Waals surface area contributed by atoms with Gasteiger partial charge in [-0.25, -0.2) is 9.59 Å². The van der Waals surface area contributed by atoms with Crippen molar-refractivity contribution in [2.75, 3.05) is 6.61 Å². The molecule has 0 aliphatic carbocycles. The van der Waals surface area contributed by atoms with Crippen molar-refractivity contribution in [1.29, 1.82) is 0 Å². The molecule has 2 aromatic carbocycles. The summed E-state index contributed by atoms with van der Waals surface area (Å²) in [6, 6.07) is 7.53. The van der Waals surface area contributed by atoms with Gasteiger partial charge in [-0.05, 0) is 35.9 Å². The van der Waals surface area contributed by atoms with Gasteiger partial charge in [-0.3, -0.25) is 0 Å². The van der Waals surface area contributed by atoms with Gasteiger partial charge in [0.1, 0.15) is 36.8 Å². The zero-order chi connectivity index (χ0) is 25.0. The van der Waals surface area contributed by atoms with Crippen LogP contribution in [-0.2, 0) is 19.0 Å². The molecule has 2 aromatic rings. The Labute approximate surface area is 192 Å². The second-order valence-electron chi connectivity index (χ2n) is 7.34. The SMILES string of the molecule is O=C(C=Cc1ccc(O)cc1)OC[C@H]1O[C@@H](OC(=O)c2cc(O)c(O)c(O)c2)[C@@H](O)[C@@H](O)[C@@H]1O. The molecule has 0 bridgehead atoms. The van der Waals surface area contributed by atoms with E-state index < -0.39 is 72.1 Å². The predicted molar refractivity (Wildman–Crippen MR) is 112 cm³/mol. The van der Waals surface area contributed by atoms with Crippen molar-refractivity contribution in [1.82, 2.24) is 0 Å². The summed E-state index contributed by atoms with van der Waals surface area (Å²) in [5.41, 5.74) is 0.187. The van der Waals surface area contributed by atoms with E-state index in [1.54, 1.807) is 12.1 Å². The monoisotopic (exact) mass is 478 g/mol. The van der Waals surface area contributed by atoms with Gasteiger partial charge in [0.05, 0.1) is 5.56 Å². The van der Waals surface area contributed by atoms with Crippen LogP contribution >= 0.6 is 0 Å². The first-order chi connectivity index (χ1) is 16.1. The van der Waals surface area contributed by atoms with Gasteiger partial charge in [0.15, 0.2) is 17.2 Å². The number of phenolic OH excluding ortho intramolecular Hbond substituents is 4. The van der Waals surface area contributed by atoms with Gasteiger partial charge in [-0.15, -0.1) is 0 Å². The van der Waals surface area contributed by atoms with Crippen molar-refractivity contribution in [2.45, 2.75) is 30.7 Å². The number of ether oxygens (including phenoxy) is 3. The molecular formula is C22H22O12. The van der Waals surface area contributed by atoms with Crippen molar-refractivity contribution < 1.29 is 59.5 Å². The molecule has 0 amide bonds. The molecule has 182 valence electrons. The van der Waals surface area contributed by atoms with E-state index in [0.717, 1.165) is 18.2 Å². The molecule has 34 heavy (non-hydrogen) atoms. The summed E-state index contributed by atoms with van der Waals surface area (Å²) in [7, 11) is 0. The summed E-state index contributed by atoms with van der Waals surface area (Å²) in [5, 5.41) is 67.9. The Morgan fingerprint density at radius 3 is 2.15 bits per heavy atom. The van der Waals surface area contributed by atoms with E-state index in [9.17, 15) is 45.3 Å². The summed E-state index contributed by atoms with van der Waals surface area (Å²) in [4.78, 5) is 24.3. The average Bonchev–Trinajstić information content (AvgIpc) is 2.81. The number of benzene rings is 2. The first-order valence-electron chi connectivity index (χ1n) is 9.86. The van der Waals surface area contributed by atoms with Crippen molar-refractivity contribution in [3.63, 3.8) is 0 Å². The minimum atomic E-state index is -1.88. The summed E-state index contributed by atoms with van der Waals surface area (Å²) in [5.74, 6) is -4.45. The number of phenols is 4. The largest absolute Gasteiger partial charge is 0.508 e. The van der Waals surface area contributed by atoms with Gasteiger partial charge in [-0.2, -0.15) is 0 Å². The van der Waals surface area contributed by atoms with Crippen LogP contribution in [0.2, 0.25) is 0 Å². The number of carbonyl (C=O) groups is 2. The number of rotatable bonds is 6. The van der Waals surface area contributed by atoms with Gasteiger partial charge in [0.25, 0.3) is 0 Å². The minimum absolute atomic E-state index is 0.0539. The third-order valence-electron chi connectivity index (χ3n) is 4.89. The Kier molecular flexibility index (Phi) is 7.58. The molecule has 1 aliphatic rings. The highest BCUT2D eigenvalue weighted by atomic mass is 16.7. The third-order valence-corrected chi connectivity index (χ3v) is 4.89. The van der Waals surface area contributed by atoms with Gasteiger partial charge < -0.3 is 50.0 Å². The summed E-state index contributed by atoms with van der Waals surface area (Å²) >= 11 is 0. The quantitative estimate of drug-likeness (QED) is 0.163. The second kappa shape index (κ2) is 10.4. The maximum atomic E-state index is 12.3. The maximum Gasteiger partial charge on any atom is 0.340 e. The highest BCUT2D eigenvalue weighted by Gasteiger charge is 2.46. The molecule has 1 saturated heterocycles. The molecule has 5 atom stereocenters. The molecule has 1 heterocycles. The van der Waals surface area contributed by atoms with Crippen LogP contribution < -0.4 is 0 Å². The first kappa shape index (κ1) is 24.8. The second-order valence-corrected chi connectivity index (χ2v) is 7.34. The average molecular weight is 478 g/mol. The highest BCUT2D eigenvalue weighted by molar-refractivity contribution is 5.91. The Morgan fingerprint density at radius 2 is 1.53 bits per heavy atom. The number of aliphatic hydroxyl groups excluding tert-OH is 3. The van der Waals surface area contributed by atoms with Crippen LogP contribution in [-0.4, -0.2) is 85.0 Å². The fourth-order valence-corrected chi connectivity index (χ4v) is 3.01. The summed E-state index contributed by atoms with van der Waals surface area (Å²) in [6.07, 6.45) is -6.10. The van der Waals surface area contributed by atoms with Crippen molar-refractivity contribution in [3.8, 4) is 23.0 Å². The van der Waals surface area contributed by atoms with E-state index in [-0.39, 0.29) is 5.75 Å². The smallest absolute Gasteiger partial charge is 0.340 e. The van der Waals surface area contributed by atoms with Crippen LogP contribution in [0.15, 0.2) is 42.5 Å². The van der Waals surface area contributed by atoms with Crippen molar-refractivity contribution in [3.05, 3.63) is 53.6 Å². The van der Waals surface area contributed by atoms with Crippen LogP contribution in [0, 0.1) is 0 Å². The Balaban J connectivity index is 1.62. The number of carbonyl (C=O) groups excluding carboxylic acids is 2. The zero-order valence-corrected chi connectivity index (χ0v) is 17.4. The number of aliphatic hydroxyl groups is 3. The molecular weight excluding hydrogens is 456 g/mol. The highest BCUT2D eigenvalue weighted by Crippen LogP contribution is 2.36. The molecule has 0 unspecified atom stereocenters. The molecule has 0 radical (unpaired) electrons. The molecule has 12 heteroatoms. The van der Waals surface area contributed by atoms with Crippen LogP contribution in [0.4, 0.5) is 0 Å². The van der Waals surface area contributed by atoms with Gasteiger partial charge in [0, 0.05) is 6.08 Å². The zero-order valence-electron chi connectivity index (χ0n) is 17.4. The van der Waals surface area contributed by atoms with Gasteiger partial charge >= 0.3 is 11.9 Å². The fraction of sp³-hybridized carbons (Fsp3) is 0.273. The molecule has 1 aliphatic heterocycles. The van der Waals surface area contributed by atoms with E-state index >= 15 is 0 Å². The Bertz CT molecular complexity index is 1040. The number of hydrogen-bond donors (Lipinski definition) is 7. The van der Waals surface area contributed by atoms with E-state index in [0.29, 0.717) is 5.56 Å². The summed E-state index contributed by atoms with van der Waals surface area (Å²) < 4.78 is 15.2. The topological polar surface area (TPSA) is 203 Å². The summed E-state index contributed by atoms with van der Waals surface area (Å²) in [6.45, 7) is -0.571. The van der Waals surface area contributed by atoms with Crippen LogP contribution in [0.1, 0.15) is 15.9 Å². The van der Waals surface area contributed by atoms with E-state index in [2.05, 4.69) is 0 Å². The van der Waals surface area contributed by atoms with Crippen molar-refractivity contribution >= 4 is 18.0 Å². The molecule has 0 saturated carbocycles. The molecule has 0 spiro atoms. The lowest BCUT2D eigenvalue weighted by atomic mass is 9.99. The Hall–Kier alpha value is -3.84. The first-order valence-corrected chi connectivity index (χ1v) is 9.86. The van der Waals surface area contributed by atoms with Crippen LogP contribution in [0.5, 0.6) is 23.0 Å². The molecule has 7 N–H and O–H groups in total. The van der Waals surface area contributed by atoms with E-state index in [4.69, 9.17) is 14.2 Å². The number of aromatic hydroxyl groups is 4. The molecule has 1 fully saturated rings. The van der Waals surface area contributed by atoms with E-state index in [1.807, 2.05) is 0 Å². The molecule has 3 rings (SSSR count). The van der Waals surface area contributed by atoms with Crippen molar-refractivity contribution in [2.24, 2.45) is 0 Å².